The number of methoxy groups -OCH3 is 1. The molecule has 1 aromatic carbocycles. The zero-order valence-corrected chi connectivity index (χ0v) is 20.4. The molecule has 1 fully saturated rings. The maximum Gasteiger partial charge on any atom is 0.435 e. The summed E-state index contributed by atoms with van der Waals surface area (Å²) in [7, 11) is 1.48. The van der Waals surface area contributed by atoms with Gasteiger partial charge in [-0.15, -0.1) is 5.10 Å². The SMILES string of the molecule is COc1ccc(-n2cnnn2)c(CNC(=O)c2cn(Cc3ccc(N4CCCC4)nc3)nc2C(F)(F)F)c1. The van der Waals surface area contributed by atoms with Crippen LogP contribution < -0.4 is 15.0 Å². The highest BCUT2D eigenvalue weighted by molar-refractivity contribution is 5.95. The number of hydrogen-bond acceptors (Lipinski definition) is 8. The number of anilines is 1. The molecule has 11 nitrogen and oxygen atoms in total. The molecule has 0 saturated carbocycles. The third-order valence-corrected chi connectivity index (χ3v) is 6.18. The number of nitrogens with one attached hydrogen (secondary N) is 1. The summed E-state index contributed by atoms with van der Waals surface area (Å²) in [6.45, 7) is 1.80. The van der Waals surface area contributed by atoms with E-state index in [4.69, 9.17) is 4.74 Å². The van der Waals surface area contributed by atoms with Gasteiger partial charge in [0.1, 0.15) is 17.9 Å². The summed E-state index contributed by atoms with van der Waals surface area (Å²) in [5.41, 5.74) is -0.101. The largest absolute Gasteiger partial charge is 0.497 e. The van der Waals surface area contributed by atoms with Crippen molar-refractivity contribution in [2.45, 2.75) is 32.1 Å². The van der Waals surface area contributed by atoms with E-state index >= 15 is 0 Å². The maximum atomic E-state index is 13.8. The van der Waals surface area contributed by atoms with Gasteiger partial charge in [0.15, 0.2) is 5.69 Å². The van der Waals surface area contributed by atoms with Gasteiger partial charge in [0.2, 0.25) is 0 Å². The Bertz CT molecular complexity index is 1400. The normalized spacial score (nSPS) is 13.6. The first-order valence-corrected chi connectivity index (χ1v) is 11.8. The van der Waals surface area contributed by atoms with Crippen molar-refractivity contribution in [1.82, 2.24) is 40.3 Å². The lowest BCUT2D eigenvalue weighted by Crippen LogP contribution is -2.26. The Hall–Kier alpha value is -4.49. The second-order valence-corrected chi connectivity index (χ2v) is 8.74. The zero-order valence-electron chi connectivity index (χ0n) is 20.4. The Morgan fingerprint density at radius 1 is 1.16 bits per heavy atom. The average molecular weight is 528 g/mol. The first-order valence-electron chi connectivity index (χ1n) is 11.8. The van der Waals surface area contributed by atoms with Gasteiger partial charge in [-0.3, -0.25) is 9.48 Å². The maximum absolute atomic E-state index is 13.8. The fourth-order valence-corrected chi connectivity index (χ4v) is 4.30. The Kier molecular flexibility index (Phi) is 6.94. The Labute approximate surface area is 215 Å². The van der Waals surface area contributed by atoms with Gasteiger partial charge in [-0.1, -0.05) is 6.07 Å². The van der Waals surface area contributed by atoms with Crippen LogP contribution in [-0.4, -0.2) is 61.1 Å². The smallest absolute Gasteiger partial charge is 0.435 e. The first-order chi connectivity index (χ1) is 18.3. The van der Waals surface area contributed by atoms with E-state index in [0.717, 1.165) is 42.6 Å². The van der Waals surface area contributed by atoms with Gasteiger partial charge >= 0.3 is 6.18 Å². The molecule has 5 rings (SSSR count). The number of nitrogens with zero attached hydrogens (tertiary/aromatic N) is 8. The molecule has 3 aromatic heterocycles. The highest BCUT2D eigenvalue weighted by Crippen LogP contribution is 2.31. The Balaban J connectivity index is 1.34. The van der Waals surface area contributed by atoms with Crippen molar-refractivity contribution >= 4 is 11.7 Å². The summed E-state index contributed by atoms with van der Waals surface area (Å²) in [4.78, 5) is 19.5. The predicted molar refractivity (Wildman–Crippen MR) is 129 cm³/mol. The molecular weight excluding hydrogens is 503 g/mol. The molecule has 0 unspecified atom stereocenters. The second-order valence-electron chi connectivity index (χ2n) is 8.74. The number of carbonyl (C=O) groups excluding carboxylic acids is 1. The van der Waals surface area contributed by atoms with Gasteiger partial charge in [-0.2, -0.15) is 18.3 Å². The minimum Gasteiger partial charge on any atom is -0.497 e. The van der Waals surface area contributed by atoms with Crippen LogP contribution in [-0.2, 0) is 19.3 Å². The average Bonchev–Trinajstić information content (AvgIpc) is 3.69. The predicted octanol–water partition coefficient (Wildman–Crippen LogP) is 2.86. The van der Waals surface area contributed by atoms with Gasteiger partial charge in [-0.25, -0.2) is 9.67 Å². The van der Waals surface area contributed by atoms with E-state index in [9.17, 15) is 18.0 Å². The summed E-state index contributed by atoms with van der Waals surface area (Å²) in [5.74, 6) is 0.414. The lowest BCUT2D eigenvalue weighted by atomic mass is 10.1. The Morgan fingerprint density at radius 3 is 2.63 bits per heavy atom. The lowest BCUT2D eigenvalue weighted by molar-refractivity contribution is -0.141. The van der Waals surface area contributed by atoms with Crippen LogP contribution >= 0.6 is 0 Å². The van der Waals surface area contributed by atoms with E-state index < -0.39 is 23.3 Å². The number of pyridine rings is 1. The molecule has 38 heavy (non-hydrogen) atoms. The number of aromatic nitrogens is 7. The van der Waals surface area contributed by atoms with Crippen LogP contribution in [0.3, 0.4) is 0 Å². The summed E-state index contributed by atoms with van der Waals surface area (Å²) < 4.78 is 49.1. The van der Waals surface area contributed by atoms with E-state index in [1.165, 1.54) is 18.1 Å². The van der Waals surface area contributed by atoms with Crippen molar-refractivity contribution in [3.8, 4) is 11.4 Å². The highest BCUT2D eigenvalue weighted by atomic mass is 19.4. The van der Waals surface area contributed by atoms with Crippen molar-refractivity contribution in [2.75, 3.05) is 25.1 Å². The number of tetrazole rings is 1. The van der Waals surface area contributed by atoms with Gasteiger partial charge < -0.3 is 15.0 Å². The van der Waals surface area contributed by atoms with E-state index in [-0.39, 0.29) is 13.1 Å². The molecule has 0 radical (unpaired) electrons. The lowest BCUT2D eigenvalue weighted by Gasteiger charge is -2.16. The fourth-order valence-electron chi connectivity index (χ4n) is 4.30. The molecule has 0 bridgehead atoms. The topological polar surface area (TPSA) is 116 Å². The molecule has 0 atom stereocenters. The van der Waals surface area contributed by atoms with Gasteiger partial charge in [0.25, 0.3) is 5.91 Å². The van der Waals surface area contributed by atoms with Crippen LogP contribution in [0.4, 0.5) is 19.0 Å². The second kappa shape index (κ2) is 10.5. The number of carbonyl (C=O) groups is 1. The molecule has 14 heteroatoms. The van der Waals surface area contributed by atoms with Gasteiger partial charge in [0, 0.05) is 37.6 Å². The molecule has 4 heterocycles. The minimum absolute atomic E-state index is 0.0307. The summed E-state index contributed by atoms with van der Waals surface area (Å²) in [5, 5.41) is 17.3. The van der Waals surface area contributed by atoms with Crippen molar-refractivity contribution in [3.63, 3.8) is 0 Å². The third kappa shape index (κ3) is 5.43. The van der Waals surface area contributed by atoms with Crippen molar-refractivity contribution in [2.24, 2.45) is 0 Å². The minimum atomic E-state index is -4.82. The van der Waals surface area contributed by atoms with E-state index in [0.29, 0.717) is 22.6 Å². The summed E-state index contributed by atoms with van der Waals surface area (Å²) in [6, 6.07) is 8.65. The van der Waals surface area contributed by atoms with Gasteiger partial charge in [0.05, 0.1) is 24.9 Å². The highest BCUT2D eigenvalue weighted by Gasteiger charge is 2.39. The third-order valence-electron chi connectivity index (χ3n) is 6.18. The first kappa shape index (κ1) is 25.2. The van der Waals surface area contributed by atoms with Crippen LogP contribution in [0.1, 0.15) is 40.0 Å². The number of amides is 1. The van der Waals surface area contributed by atoms with E-state index in [1.54, 1.807) is 30.5 Å². The molecule has 1 N–H and O–H groups in total. The zero-order chi connectivity index (χ0) is 26.7. The van der Waals surface area contributed by atoms with E-state index in [2.05, 4.69) is 35.8 Å². The number of ether oxygens (including phenoxy) is 1. The molecule has 1 saturated heterocycles. The van der Waals surface area contributed by atoms with Crippen LogP contribution in [0.15, 0.2) is 49.1 Å². The quantitative estimate of drug-likeness (QED) is 0.372. The molecule has 1 aliphatic heterocycles. The van der Waals surface area contributed by atoms with Crippen molar-refractivity contribution in [3.05, 3.63) is 71.4 Å². The molecule has 1 amide bonds. The van der Waals surface area contributed by atoms with Gasteiger partial charge in [-0.05, 0) is 53.1 Å². The standard InChI is InChI=1S/C24H24F3N9O2/c1-38-18-5-6-20(36-15-30-32-33-36)17(10-18)12-29-23(37)19-14-35(31-22(19)24(25,26)27)13-16-4-7-21(28-11-16)34-8-2-3-9-34/h4-7,10-11,14-15H,2-3,8-9,12-13H2,1H3,(H,29,37). The van der Waals surface area contributed by atoms with Crippen molar-refractivity contribution < 1.29 is 22.7 Å². The van der Waals surface area contributed by atoms with Crippen LogP contribution in [0.2, 0.25) is 0 Å². The number of benzene rings is 1. The molecule has 0 aliphatic carbocycles. The Morgan fingerprint density at radius 2 is 1.97 bits per heavy atom. The number of rotatable bonds is 8. The summed E-state index contributed by atoms with van der Waals surface area (Å²) >= 11 is 0. The number of alkyl halides is 3. The number of halogens is 3. The molecule has 0 spiro atoms. The number of hydrogen-bond donors (Lipinski definition) is 1. The van der Waals surface area contributed by atoms with E-state index in [1.807, 2.05) is 6.07 Å². The fraction of sp³-hybridized carbons (Fsp3) is 0.333. The molecule has 1 aliphatic rings. The van der Waals surface area contributed by atoms with Crippen LogP contribution in [0, 0.1) is 0 Å². The van der Waals surface area contributed by atoms with Crippen LogP contribution in [0.25, 0.3) is 5.69 Å². The molecule has 4 aromatic rings. The molecular formula is C24H24F3N9O2. The summed E-state index contributed by atoms with van der Waals surface area (Å²) in [6.07, 6.45) is 1.48. The van der Waals surface area contributed by atoms with Crippen molar-refractivity contribution in [1.29, 1.82) is 0 Å². The monoisotopic (exact) mass is 527 g/mol. The van der Waals surface area contributed by atoms with Crippen LogP contribution in [0.5, 0.6) is 5.75 Å². The molecule has 198 valence electrons.